The van der Waals surface area contributed by atoms with E-state index in [0.29, 0.717) is 31.9 Å². The average molecular weight is 315 g/mol. The van der Waals surface area contributed by atoms with Gasteiger partial charge in [0.05, 0.1) is 12.2 Å². The van der Waals surface area contributed by atoms with Crippen LogP contribution in [0, 0.1) is 0 Å². The maximum atomic E-state index is 12.3. The van der Waals surface area contributed by atoms with Crippen molar-refractivity contribution < 1.29 is 13.2 Å². The van der Waals surface area contributed by atoms with Crippen LogP contribution in [-0.2, 0) is 0 Å². The first-order chi connectivity index (χ1) is 8.85. The lowest BCUT2D eigenvalue weighted by Gasteiger charge is -2.36. The summed E-state index contributed by atoms with van der Waals surface area (Å²) in [5.41, 5.74) is 0.605. The summed E-state index contributed by atoms with van der Waals surface area (Å²) in [4.78, 5) is 3.22. The molecule has 0 amide bonds. The normalized spacial score (nSPS) is 17.8. The van der Waals surface area contributed by atoms with Crippen molar-refractivity contribution in [3.05, 3.63) is 16.4 Å². The summed E-state index contributed by atoms with van der Waals surface area (Å²) in [5.74, 6) is 0. The lowest BCUT2D eigenvalue weighted by atomic mass is 10.3. The standard InChI is InChI=1S/C10H11Cl2F3N4/c11-8-5-7(9(12)17-16-8)19-3-1-18(2-4-19)6-10(13,14)15/h5H,1-4,6H2. The molecule has 106 valence electrons. The molecular formula is C10H11Cl2F3N4. The summed E-state index contributed by atoms with van der Waals surface area (Å²) in [6.45, 7) is 0.630. The van der Waals surface area contributed by atoms with Gasteiger partial charge in [0.15, 0.2) is 10.3 Å². The summed E-state index contributed by atoms with van der Waals surface area (Å²) in [6.07, 6.45) is -4.17. The molecule has 1 aliphatic rings. The molecule has 19 heavy (non-hydrogen) atoms. The summed E-state index contributed by atoms with van der Waals surface area (Å²) in [7, 11) is 0. The summed E-state index contributed by atoms with van der Waals surface area (Å²) in [5, 5.41) is 7.68. The van der Waals surface area contributed by atoms with Gasteiger partial charge in [-0.05, 0) is 0 Å². The molecule has 9 heteroatoms. The number of alkyl halides is 3. The van der Waals surface area contributed by atoms with Crippen molar-refractivity contribution in [2.45, 2.75) is 6.18 Å². The topological polar surface area (TPSA) is 32.3 Å². The molecule has 0 N–H and O–H groups in total. The van der Waals surface area contributed by atoms with E-state index in [0.717, 1.165) is 0 Å². The van der Waals surface area contributed by atoms with Crippen LogP contribution in [0.2, 0.25) is 10.3 Å². The third kappa shape index (κ3) is 4.09. The van der Waals surface area contributed by atoms with Crippen molar-refractivity contribution in [2.24, 2.45) is 0 Å². The van der Waals surface area contributed by atoms with E-state index in [9.17, 15) is 13.2 Å². The monoisotopic (exact) mass is 314 g/mol. The van der Waals surface area contributed by atoms with Crippen LogP contribution in [0.1, 0.15) is 0 Å². The van der Waals surface area contributed by atoms with Crippen LogP contribution in [0.4, 0.5) is 18.9 Å². The molecule has 1 aliphatic heterocycles. The Bertz CT molecular complexity index is 447. The summed E-state index contributed by atoms with van der Waals surface area (Å²) < 4.78 is 36.8. The Morgan fingerprint density at radius 1 is 1.11 bits per heavy atom. The first-order valence-electron chi connectivity index (χ1n) is 5.58. The van der Waals surface area contributed by atoms with Gasteiger partial charge in [-0.1, -0.05) is 23.2 Å². The molecule has 0 aliphatic carbocycles. The molecule has 4 nitrogen and oxygen atoms in total. The van der Waals surface area contributed by atoms with Crippen molar-refractivity contribution in [1.29, 1.82) is 0 Å². The van der Waals surface area contributed by atoms with E-state index in [1.165, 1.54) is 4.90 Å². The molecule has 0 bridgehead atoms. The zero-order valence-corrected chi connectivity index (χ0v) is 11.3. The van der Waals surface area contributed by atoms with Gasteiger partial charge < -0.3 is 4.90 Å². The first-order valence-corrected chi connectivity index (χ1v) is 6.33. The maximum absolute atomic E-state index is 12.3. The molecule has 2 heterocycles. The highest BCUT2D eigenvalue weighted by molar-refractivity contribution is 6.33. The minimum absolute atomic E-state index is 0.202. The Balaban J connectivity index is 1.98. The van der Waals surface area contributed by atoms with E-state index in [1.807, 2.05) is 4.90 Å². The minimum Gasteiger partial charge on any atom is -0.366 e. The molecule has 1 aromatic rings. The quantitative estimate of drug-likeness (QED) is 0.839. The van der Waals surface area contributed by atoms with Crippen molar-refractivity contribution in [3.8, 4) is 0 Å². The van der Waals surface area contributed by atoms with Crippen LogP contribution in [0.5, 0.6) is 0 Å². The summed E-state index contributed by atoms with van der Waals surface area (Å²) in [6, 6.07) is 1.57. The molecular weight excluding hydrogens is 304 g/mol. The van der Waals surface area contributed by atoms with Crippen LogP contribution in [0.25, 0.3) is 0 Å². The lowest BCUT2D eigenvalue weighted by molar-refractivity contribution is -0.146. The van der Waals surface area contributed by atoms with Gasteiger partial charge in [-0.2, -0.15) is 13.2 Å². The van der Waals surface area contributed by atoms with E-state index in [2.05, 4.69) is 10.2 Å². The molecule has 0 atom stereocenters. The van der Waals surface area contributed by atoms with E-state index in [4.69, 9.17) is 23.2 Å². The second-order valence-corrected chi connectivity index (χ2v) is 4.97. The predicted octanol–water partition coefficient (Wildman–Crippen LogP) is 2.47. The number of halogens is 5. The Morgan fingerprint density at radius 3 is 2.32 bits per heavy atom. The molecule has 1 saturated heterocycles. The number of aromatic nitrogens is 2. The molecule has 0 aromatic carbocycles. The SMILES string of the molecule is FC(F)(F)CN1CCN(c2cc(Cl)nnc2Cl)CC1. The fraction of sp³-hybridized carbons (Fsp3) is 0.600. The van der Waals surface area contributed by atoms with Crippen LogP contribution in [0.15, 0.2) is 6.07 Å². The van der Waals surface area contributed by atoms with Gasteiger partial charge in [-0.3, -0.25) is 4.90 Å². The van der Waals surface area contributed by atoms with Gasteiger partial charge in [0.25, 0.3) is 0 Å². The molecule has 2 rings (SSSR count). The maximum Gasteiger partial charge on any atom is 0.401 e. The van der Waals surface area contributed by atoms with Gasteiger partial charge in [0.1, 0.15) is 0 Å². The second-order valence-electron chi connectivity index (χ2n) is 4.22. The Kier molecular flexibility index (Phi) is 4.37. The van der Waals surface area contributed by atoms with E-state index in [1.54, 1.807) is 6.07 Å². The predicted molar refractivity (Wildman–Crippen MR) is 66.8 cm³/mol. The molecule has 0 unspecified atom stereocenters. The fourth-order valence-electron chi connectivity index (χ4n) is 1.97. The highest BCUT2D eigenvalue weighted by Gasteiger charge is 2.32. The zero-order chi connectivity index (χ0) is 14.0. The molecule has 0 spiro atoms. The number of anilines is 1. The van der Waals surface area contributed by atoms with Gasteiger partial charge in [0, 0.05) is 32.2 Å². The van der Waals surface area contributed by atoms with E-state index in [-0.39, 0.29) is 10.3 Å². The number of hydrogen-bond acceptors (Lipinski definition) is 4. The molecule has 0 saturated carbocycles. The third-order valence-electron chi connectivity index (χ3n) is 2.82. The fourth-order valence-corrected chi connectivity index (χ4v) is 2.32. The van der Waals surface area contributed by atoms with E-state index >= 15 is 0 Å². The van der Waals surface area contributed by atoms with Gasteiger partial charge in [-0.25, -0.2) is 0 Å². The van der Waals surface area contributed by atoms with Crippen LogP contribution >= 0.6 is 23.2 Å². The Morgan fingerprint density at radius 2 is 1.74 bits per heavy atom. The molecule has 0 radical (unpaired) electrons. The lowest BCUT2D eigenvalue weighted by Crippen LogP contribution is -2.49. The highest BCUT2D eigenvalue weighted by Crippen LogP contribution is 2.26. The van der Waals surface area contributed by atoms with Crippen LogP contribution < -0.4 is 4.90 Å². The number of hydrogen-bond donors (Lipinski definition) is 0. The van der Waals surface area contributed by atoms with E-state index < -0.39 is 12.7 Å². The number of rotatable bonds is 2. The Hall–Kier alpha value is -0.790. The van der Waals surface area contributed by atoms with Crippen molar-refractivity contribution >= 4 is 28.9 Å². The van der Waals surface area contributed by atoms with Crippen LogP contribution in [-0.4, -0.2) is 54.0 Å². The van der Waals surface area contributed by atoms with Crippen LogP contribution in [0.3, 0.4) is 0 Å². The van der Waals surface area contributed by atoms with Crippen molar-refractivity contribution in [1.82, 2.24) is 15.1 Å². The van der Waals surface area contributed by atoms with Crippen molar-refractivity contribution in [2.75, 3.05) is 37.6 Å². The summed E-state index contributed by atoms with van der Waals surface area (Å²) >= 11 is 11.6. The van der Waals surface area contributed by atoms with Crippen molar-refractivity contribution in [3.63, 3.8) is 0 Å². The number of nitrogens with zero attached hydrogens (tertiary/aromatic N) is 4. The zero-order valence-electron chi connectivity index (χ0n) is 9.79. The second kappa shape index (κ2) is 5.68. The smallest absolute Gasteiger partial charge is 0.366 e. The van der Waals surface area contributed by atoms with Gasteiger partial charge in [-0.15, -0.1) is 10.2 Å². The first kappa shape index (κ1) is 14.6. The van der Waals surface area contributed by atoms with Gasteiger partial charge in [0.2, 0.25) is 0 Å². The van der Waals surface area contributed by atoms with Gasteiger partial charge >= 0.3 is 6.18 Å². The third-order valence-corrected chi connectivity index (χ3v) is 3.27. The molecule has 1 fully saturated rings. The average Bonchev–Trinajstić information content (AvgIpc) is 2.31. The Labute approximate surface area is 118 Å². The largest absolute Gasteiger partial charge is 0.401 e. The minimum atomic E-state index is -4.17. The number of piperazine rings is 1. The highest BCUT2D eigenvalue weighted by atomic mass is 35.5. The molecule has 1 aromatic heterocycles.